The van der Waals surface area contributed by atoms with Gasteiger partial charge < -0.3 is 0 Å². The van der Waals surface area contributed by atoms with Gasteiger partial charge in [-0.3, -0.25) is 0 Å². The van der Waals surface area contributed by atoms with Crippen LogP contribution in [0.1, 0.15) is 26.3 Å². The Balaban J connectivity index is 2.39. The highest BCUT2D eigenvalue weighted by Gasteiger charge is 2.18. The fourth-order valence-electron chi connectivity index (χ4n) is 1.20. The van der Waals surface area contributed by atoms with Crippen LogP contribution in [0.3, 0.4) is 0 Å². The van der Waals surface area contributed by atoms with E-state index in [0.717, 1.165) is 17.0 Å². The molecular weight excluding hydrogens is 242 g/mol. The van der Waals surface area contributed by atoms with Crippen LogP contribution in [0.15, 0.2) is 24.3 Å². The molecule has 4 heteroatoms. The molecule has 1 aromatic rings. The van der Waals surface area contributed by atoms with E-state index < -0.39 is 11.0 Å². The number of nitrogens with one attached hydrogen (secondary N) is 1. The summed E-state index contributed by atoms with van der Waals surface area (Å²) in [4.78, 5) is 0. The van der Waals surface area contributed by atoms with Crippen molar-refractivity contribution >= 4 is 22.6 Å². The number of halogens is 1. The molecule has 0 amide bonds. The second-order valence-corrected chi connectivity index (χ2v) is 7.14. The van der Waals surface area contributed by atoms with Crippen LogP contribution in [-0.2, 0) is 17.4 Å². The van der Waals surface area contributed by atoms with Crippen LogP contribution in [0.2, 0.25) is 5.02 Å². The van der Waals surface area contributed by atoms with Crippen LogP contribution >= 0.6 is 11.6 Å². The second kappa shape index (κ2) is 5.80. The number of hydrogen-bond acceptors (Lipinski definition) is 1. The Morgan fingerprint density at radius 1 is 1.38 bits per heavy atom. The molecule has 2 nitrogen and oxygen atoms in total. The lowest BCUT2D eigenvalue weighted by atomic mass is 10.2. The zero-order chi connectivity index (χ0) is 12.2. The van der Waals surface area contributed by atoms with Gasteiger partial charge >= 0.3 is 0 Å². The quantitative estimate of drug-likeness (QED) is 0.885. The first kappa shape index (κ1) is 13.7. The van der Waals surface area contributed by atoms with Gasteiger partial charge in [0.25, 0.3) is 0 Å². The number of hydrogen-bond donors (Lipinski definition) is 1. The lowest BCUT2D eigenvalue weighted by Crippen LogP contribution is -2.34. The molecule has 1 atom stereocenters. The molecule has 0 aliphatic heterocycles. The van der Waals surface area contributed by atoms with E-state index in [9.17, 15) is 4.21 Å². The summed E-state index contributed by atoms with van der Waals surface area (Å²) in [6.45, 7) is 6.56. The molecule has 0 fully saturated rings. The Hall–Kier alpha value is -0.380. The summed E-state index contributed by atoms with van der Waals surface area (Å²) in [7, 11) is -0.999. The minimum Gasteiger partial charge on any atom is -0.242 e. The lowest BCUT2D eigenvalue weighted by molar-refractivity contribution is 0.635. The van der Waals surface area contributed by atoms with Crippen LogP contribution < -0.4 is 4.72 Å². The lowest BCUT2D eigenvalue weighted by Gasteiger charge is -2.18. The summed E-state index contributed by atoms with van der Waals surface area (Å²) < 4.78 is 14.5. The largest absolute Gasteiger partial charge is 0.242 e. The average Bonchev–Trinajstić information content (AvgIpc) is 2.16. The van der Waals surface area contributed by atoms with Gasteiger partial charge in [0.2, 0.25) is 0 Å². The number of rotatable bonds is 4. The van der Waals surface area contributed by atoms with Crippen LogP contribution in [-0.4, -0.2) is 15.5 Å². The van der Waals surface area contributed by atoms with Crippen molar-refractivity contribution in [1.82, 2.24) is 4.72 Å². The van der Waals surface area contributed by atoms with Crippen molar-refractivity contribution in [2.24, 2.45) is 0 Å². The maximum absolute atomic E-state index is 11.7. The van der Waals surface area contributed by atoms with Crippen molar-refractivity contribution in [3.8, 4) is 0 Å². The fourth-order valence-corrected chi connectivity index (χ4v) is 2.13. The van der Waals surface area contributed by atoms with E-state index in [1.807, 2.05) is 45.0 Å². The van der Waals surface area contributed by atoms with Crippen molar-refractivity contribution in [3.05, 3.63) is 34.9 Å². The summed E-state index contributed by atoms with van der Waals surface area (Å²) in [6, 6.07) is 7.74. The zero-order valence-electron chi connectivity index (χ0n) is 9.92. The molecule has 0 aromatic heterocycles. The maximum Gasteiger partial charge on any atom is 0.0970 e. The minimum absolute atomic E-state index is 0.214. The molecular formula is C12H18ClNOS. The first-order valence-corrected chi connectivity index (χ1v) is 6.82. The van der Waals surface area contributed by atoms with Gasteiger partial charge in [-0.05, 0) is 44.9 Å². The highest BCUT2D eigenvalue weighted by molar-refractivity contribution is 7.84. The van der Waals surface area contributed by atoms with Crippen molar-refractivity contribution in [1.29, 1.82) is 0 Å². The van der Waals surface area contributed by atoms with E-state index >= 15 is 0 Å². The summed E-state index contributed by atoms with van der Waals surface area (Å²) in [5, 5.41) is 0.745. The molecule has 1 unspecified atom stereocenters. The minimum atomic E-state index is -0.999. The summed E-state index contributed by atoms with van der Waals surface area (Å²) in [5.41, 5.74) is 1.16. The van der Waals surface area contributed by atoms with E-state index in [2.05, 4.69) is 4.72 Å². The monoisotopic (exact) mass is 259 g/mol. The standard InChI is InChI=1S/C12H18ClNOS/c1-12(2,3)16(15)14-8-7-10-5-4-6-11(13)9-10/h4-6,9,14H,7-8H2,1-3H3. The van der Waals surface area contributed by atoms with Gasteiger partial charge in [-0.1, -0.05) is 23.7 Å². The predicted molar refractivity (Wildman–Crippen MR) is 71.1 cm³/mol. The Bertz CT molecular complexity index is 374. The molecule has 0 spiro atoms. The average molecular weight is 260 g/mol. The second-order valence-electron chi connectivity index (χ2n) is 4.66. The summed E-state index contributed by atoms with van der Waals surface area (Å²) in [6.07, 6.45) is 0.836. The predicted octanol–water partition coefficient (Wildman–Crippen LogP) is 2.93. The SMILES string of the molecule is CC(C)(C)S(=O)NCCc1cccc(Cl)c1. The van der Waals surface area contributed by atoms with E-state index in [-0.39, 0.29) is 4.75 Å². The molecule has 1 rings (SSSR count). The van der Waals surface area contributed by atoms with Crippen molar-refractivity contribution in [3.63, 3.8) is 0 Å². The van der Waals surface area contributed by atoms with Crippen LogP contribution in [0, 0.1) is 0 Å². The third-order valence-corrected chi connectivity index (χ3v) is 3.91. The molecule has 1 aromatic carbocycles. The molecule has 0 saturated carbocycles. The Kier molecular flexibility index (Phi) is 4.96. The summed E-state index contributed by atoms with van der Waals surface area (Å²) >= 11 is 5.88. The zero-order valence-corrected chi connectivity index (χ0v) is 11.5. The molecule has 0 aliphatic carbocycles. The first-order chi connectivity index (χ1) is 7.39. The third kappa shape index (κ3) is 4.64. The van der Waals surface area contributed by atoms with Crippen molar-refractivity contribution in [2.45, 2.75) is 31.9 Å². The van der Waals surface area contributed by atoms with Crippen LogP contribution in [0.5, 0.6) is 0 Å². The third-order valence-electron chi connectivity index (χ3n) is 2.09. The van der Waals surface area contributed by atoms with E-state index in [4.69, 9.17) is 11.6 Å². The molecule has 1 N–H and O–H groups in total. The highest BCUT2D eigenvalue weighted by atomic mass is 35.5. The molecule has 0 aliphatic rings. The van der Waals surface area contributed by atoms with Crippen LogP contribution in [0.4, 0.5) is 0 Å². The topological polar surface area (TPSA) is 29.1 Å². The highest BCUT2D eigenvalue weighted by Crippen LogP contribution is 2.11. The van der Waals surface area contributed by atoms with Gasteiger partial charge in [-0.2, -0.15) is 0 Å². The van der Waals surface area contributed by atoms with Crippen LogP contribution in [0.25, 0.3) is 0 Å². The van der Waals surface area contributed by atoms with Gasteiger partial charge in [0, 0.05) is 11.6 Å². The Morgan fingerprint density at radius 2 is 2.06 bits per heavy atom. The maximum atomic E-state index is 11.7. The van der Waals surface area contributed by atoms with Gasteiger partial charge in [0.1, 0.15) is 0 Å². The van der Waals surface area contributed by atoms with E-state index in [0.29, 0.717) is 6.54 Å². The fraction of sp³-hybridized carbons (Fsp3) is 0.500. The van der Waals surface area contributed by atoms with Gasteiger partial charge in [-0.15, -0.1) is 0 Å². The summed E-state index contributed by atoms with van der Waals surface area (Å²) in [5.74, 6) is 0. The van der Waals surface area contributed by atoms with E-state index in [1.165, 1.54) is 0 Å². The van der Waals surface area contributed by atoms with Gasteiger partial charge in [0.15, 0.2) is 0 Å². The molecule has 90 valence electrons. The van der Waals surface area contributed by atoms with Gasteiger partial charge in [0.05, 0.1) is 15.7 Å². The molecule has 16 heavy (non-hydrogen) atoms. The molecule has 0 heterocycles. The normalized spacial score (nSPS) is 13.8. The van der Waals surface area contributed by atoms with Crippen molar-refractivity contribution < 1.29 is 4.21 Å². The van der Waals surface area contributed by atoms with Crippen molar-refractivity contribution in [2.75, 3.05) is 6.54 Å². The van der Waals surface area contributed by atoms with E-state index in [1.54, 1.807) is 0 Å². The molecule has 0 saturated heterocycles. The first-order valence-electron chi connectivity index (χ1n) is 5.29. The Labute approximate surface area is 105 Å². The molecule has 0 bridgehead atoms. The smallest absolute Gasteiger partial charge is 0.0970 e. The Morgan fingerprint density at radius 3 is 2.62 bits per heavy atom. The molecule has 0 radical (unpaired) electrons. The van der Waals surface area contributed by atoms with Gasteiger partial charge in [-0.25, -0.2) is 8.93 Å². The number of benzene rings is 1.